The standard InChI is InChI=1S/C24H16N2O7S2/c25-15-20(16-26)19-13-21(11-9-17-5-1-3-7-23(17)34(27,28)29)33-22(14-19)12-10-18-6-2-4-8-24(18)35(30,31)32/h1-14H,(H,27,28,29)(H,30,31,32)/b11-9+,12-10+. The van der Waals surface area contributed by atoms with E-state index in [1.165, 1.54) is 72.9 Å². The maximum Gasteiger partial charge on any atom is 0.295 e. The molecule has 0 aromatic heterocycles. The molecule has 0 atom stereocenters. The Morgan fingerprint density at radius 2 is 1.11 bits per heavy atom. The topological polar surface area (TPSA) is 166 Å². The van der Waals surface area contributed by atoms with Crippen molar-refractivity contribution in [3.8, 4) is 12.1 Å². The Bertz CT molecular complexity index is 1510. The van der Waals surface area contributed by atoms with Gasteiger partial charge in [-0.05, 0) is 59.7 Å². The number of hydrogen-bond acceptors (Lipinski definition) is 7. The predicted octanol–water partition coefficient (Wildman–Crippen LogP) is 4.05. The molecule has 0 saturated carbocycles. The molecular formula is C24H16N2O7S2. The molecule has 0 fully saturated rings. The molecule has 11 heteroatoms. The lowest BCUT2D eigenvalue weighted by Gasteiger charge is -2.14. The smallest absolute Gasteiger partial charge is 0.295 e. The van der Waals surface area contributed by atoms with E-state index in [0.29, 0.717) is 0 Å². The molecule has 3 rings (SSSR count). The third-order valence-corrected chi connectivity index (χ3v) is 6.45. The SMILES string of the molecule is N#CC(C#N)=C1C=C(/C=C/c2ccccc2S(=O)(=O)O)OC(/C=C/c2ccccc2S(=O)(=O)O)=C1. The fourth-order valence-electron chi connectivity index (χ4n) is 3.06. The van der Waals surface area contributed by atoms with Gasteiger partial charge in [0.05, 0.1) is 0 Å². The highest BCUT2D eigenvalue weighted by atomic mass is 32.2. The van der Waals surface area contributed by atoms with Crippen LogP contribution in [0.2, 0.25) is 0 Å². The summed E-state index contributed by atoms with van der Waals surface area (Å²) < 4.78 is 71.0. The first-order chi connectivity index (χ1) is 16.5. The summed E-state index contributed by atoms with van der Waals surface area (Å²) >= 11 is 0. The second-order valence-electron chi connectivity index (χ2n) is 6.94. The fraction of sp³-hybridized carbons (Fsp3) is 0. The van der Waals surface area contributed by atoms with E-state index in [4.69, 9.17) is 4.74 Å². The van der Waals surface area contributed by atoms with Crippen molar-refractivity contribution >= 4 is 32.4 Å². The average molecular weight is 509 g/mol. The summed E-state index contributed by atoms with van der Waals surface area (Å²) in [5.74, 6) is 0.247. The molecule has 176 valence electrons. The van der Waals surface area contributed by atoms with E-state index in [1.54, 1.807) is 24.3 Å². The van der Waals surface area contributed by atoms with E-state index in [1.807, 2.05) is 0 Å². The minimum absolute atomic E-state index is 0.123. The van der Waals surface area contributed by atoms with E-state index in [-0.39, 0.29) is 43.6 Å². The van der Waals surface area contributed by atoms with Gasteiger partial charge in [0.25, 0.3) is 20.2 Å². The summed E-state index contributed by atoms with van der Waals surface area (Å²) in [7, 11) is -8.97. The zero-order valence-corrected chi connectivity index (χ0v) is 19.4. The first-order valence-corrected chi connectivity index (χ1v) is 12.6. The molecule has 0 amide bonds. The number of hydrogen-bond donors (Lipinski definition) is 2. The maximum atomic E-state index is 11.6. The van der Waals surface area contributed by atoms with Crippen LogP contribution in [0.3, 0.4) is 0 Å². The zero-order chi connectivity index (χ0) is 25.6. The molecule has 0 bridgehead atoms. The van der Waals surface area contributed by atoms with Gasteiger partial charge in [0, 0.05) is 5.57 Å². The second kappa shape index (κ2) is 10.3. The Kier molecular flexibility index (Phi) is 7.49. The average Bonchev–Trinajstić information content (AvgIpc) is 2.81. The minimum Gasteiger partial charge on any atom is -0.457 e. The number of nitrogens with zero attached hydrogens (tertiary/aromatic N) is 2. The first-order valence-electron chi connectivity index (χ1n) is 9.68. The molecule has 2 N–H and O–H groups in total. The van der Waals surface area contributed by atoms with Crippen molar-refractivity contribution in [2.75, 3.05) is 0 Å². The van der Waals surface area contributed by atoms with Crippen LogP contribution in [0.5, 0.6) is 0 Å². The Balaban J connectivity index is 2.02. The molecule has 2 aromatic carbocycles. The molecule has 0 unspecified atom stereocenters. The Morgan fingerprint density at radius 1 is 0.714 bits per heavy atom. The normalized spacial score (nSPS) is 14.1. The minimum atomic E-state index is -4.48. The lowest BCUT2D eigenvalue weighted by Crippen LogP contribution is -2.01. The van der Waals surface area contributed by atoms with Crippen LogP contribution in [0.1, 0.15) is 11.1 Å². The molecule has 0 radical (unpaired) electrons. The molecule has 2 aromatic rings. The molecule has 0 aliphatic carbocycles. The molecule has 1 aliphatic heterocycles. The lowest BCUT2D eigenvalue weighted by molar-refractivity contribution is 0.332. The number of nitriles is 2. The van der Waals surface area contributed by atoms with E-state index >= 15 is 0 Å². The number of allylic oxidation sites excluding steroid dienone is 6. The summed E-state index contributed by atoms with van der Waals surface area (Å²) in [4.78, 5) is -0.647. The van der Waals surface area contributed by atoms with Gasteiger partial charge in [0.1, 0.15) is 39.0 Å². The fourth-order valence-corrected chi connectivity index (χ4v) is 4.42. The molecular weight excluding hydrogens is 492 g/mol. The highest BCUT2D eigenvalue weighted by molar-refractivity contribution is 7.86. The van der Waals surface area contributed by atoms with Gasteiger partial charge in [-0.15, -0.1) is 0 Å². The molecule has 35 heavy (non-hydrogen) atoms. The second-order valence-corrected chi connectivity index (χ2v) is 9.72. The van der Waals surface area contributed by atoms with Crippen molar-refractivity contribution in [2.45, 2.75) is 9.79 Å². The van der Waals surface area contributed by atoms with Crippen LogP contribution in [-0.2, 0) is 25.0 Å². The van der Waals surface area contributed by atoms with Crippen molar-refractivity contribution in [2.24, 2.45) is 0 Å². The van der Waals surface area contributed by atoms with Crippen molar-refractivity contribution in [1.29, 1.82) is 10.5 Å². The zero-order valence-electron chi connectivity index (χ0n) is 17.7. The van der Waals surface area contributed by atoms with E-state index in [0.717, 1.165) is 0 Å². The third-order valence-electron chi connectivity index (χ3n) is 4.59. The van der Waals surface area contributed by atoms with Crippen molar-refractivity contribution in [3.63, 3.8) is 0 Å². The van der Waals surface area contributed by atoms with Crippen LogP contribution in [0.15, 0.2) is 105 Å². The van der Waals surface area contributed by atoms with Gasteiger partial charge >= 0.3 is 0 Å². The molecule has 0 spiro atoms. The van der Waals surface area contributed by atoms with Gasteiger partial charge < -0.3 is 4.74 Å². The van der Waals surface area contributed by atoms with Gasteiger partial charge in [0.15, 0.2) is 0 Å². The highest BCUT2D eigenvalue weighted by Crippen LogP contribution is 2.26. The van der Waals surface area contributed by atoms with E-state index in [2.05, 4.69) is 0 Å². The van der Waals surface area contributed by atoms with Gasteiger partial charge in [-0.25, -0.2) is 0 Å². The number of rotatable bonds is 6. The first kappa shape index (κ1) is 25.4. The van der Waals surface area contributed by atoms with E-state index < -0.39 is 20.2 Å². The summed E-state index contributed by atoms with van der Waals surface area (Å²) in [6.45, 7) is 0. The van der Waals surface area contributed by atoms with Gasteiger partial charge in [-0.3, -0.25) is 9.11 Å². The quantitative estimate of drug-likeness (QED) is 0.432. The van der Waals surface area contributed by atoms with Gasteiger partial charge in [-0.2, -0.15) is 27.4 Å². The van der Waals surface area contributed by atoms with Crippen molar-refractivity contribution in [3.05, 3.63) is 107 Å². The molecule has 9 nitrogen and oxygen atoms in total. The van der Waals surface area contributed by atoms with Gasteiger partial charge in [0.2, 0.25) is 0 Å². The number of benzene rings is 2. The number of ether oxygens (including phenoxy) is 1. The van der Waals surface area contributed by atoms with Crippen molar-refractivity contribution in [1.82, 2.24) is 0 Å². The Morgan fingerprint density at radius 3 is 1.49 bits per heavy atom. The van der Waals surface area contributed by atoms with Crippen LogP contribution in [0.4, 0.5) is 0 Å². The van der Waals surface area contributed by atoms with Crippen LogP contribution >= 0.6 is 0 Å². The summed E-state index contributed by atoms with van der Waals surface area (Å²) in [5, 5.41) is 18.5. The maximum absolute atomic E-state index is 11.6. The molecule has 0 saturated heterocycles. The lowest BCUT2D eigenvalue weighted by atomic mass is 10.1. The summed E-state index contributed by atoms with van der Waals surface area (Å²) in [5.41, 5.74) is 0.313. The summed E-state index contributed by atoms with van der Waals surface area (Å²) in [6, 6.07) is 14.9. The van der Waals surface area contributed by atoms with Crippen LogP contribution in [0.25, 0.3) is 12.2 Å². The third kappa shape index (κ3) is 6.41. The summed E-state index contributed by atoms with van der Waals surface area (Å²) in [6.07, 6.45) is 8.26. The van der Waals surface area contributed by atoms with E-state index in [9.17, 15) is 36.5 Å². The monoisotopic (exact) mass is 508 g/mol. The van der Waals surface area contributed by atoms with Gasteiger partial charge in [-0.1, -0.05) is 36.4 Å². The largest absolute Gasteiger partial charge is 0.457 e. The van der Waals surface area contributed by atoms with Crippen molar-refractivity contribution < 1.29 is 30.7 Å². The van der Waals surface area contributed by atoms with Crippen LogP contribution in [0, 0.1) is 22.7 Å². The van der Waals surface area contributed by atoms with Crippen LogP contribution in [-0.4, -0.2) is 25.9 Å². The Labute approximate surface area is 202 Å². The molecule has 1 heterocycles. The Hall–Kier alpha value is -4.26. The van der Waals surface area contributed by atoms with Crippen LogP contribution < -0.4 is 0 Å². The highest BCUT2D eigenvalue weighted by Gasteiger charge is 2.16. The molecule has 1 aliphatic rings. The predicted molar refractivity (Wildman–Crippen MR) is 126 cm³/mol.